The monoisotopic (exact) mass is 401 g/mol. The van der Waals surface area contributed by atoms with Crippen LogP contribution >= 0.6 is 11.3 Å². The van der Waals surface area contributed by atoms with Gasteiger partial charge in [-0.3, -0.25) is 0 Å². The maximum Gasteiger partial charge on any atom is 0.236 e. The number of oxazole rings is 1. The van der Waals surface area contributed by atoms with Crippen molar-refractivity contribution in [2.75, 3.05) is 20.3 Å². The molecule has 0 spiro atoms. The summed E-state index contributed by atoms with van der Waals surface area (Å²) in [4.78, 5) is 5.65. The molecule has 0 saturated heterocycles. The molecule has 3 rings (SSSR count). The van der Waals surface area contributed by atoms with Crippen molar-refractivity contribution < 1.29 is 18.6 Å². The number of thiophene rings is 1. The molecular formula is C22H27NO4S. The average Bonchev–Trinajstić information content (AvgIpc) is 3.36. The summed E-state index contributed by atoms with van der Waals surface area (Å²) in [5.74, 6) is 2.40. The van der Waals surface area contributed by atoms with Gasteiger partial charge in [-0.1, -0.05) is 18.2 Å². The zero-order valence-electron chi connectivity index (χ0n) is 16.6. The van der Waals surface area contributed by atoms with Crippen LogP contribution in [0.4, 0.5) is 0 Å². The van der Waals surface area contributed by atoms with Gasteiger partial charge in [-0.05, 0) is 49.4 Å². The standard InChI is InChI=1S/C22H27NO4S/c1-4-25-21(24-3)12-9-17-7-10-18(11-8-17)26-14-13-19-16(2)27-22(23-19)20-6-5-15-28-20/h5-8,10-11,15,21H,4,9,12-14H2,1-3H3. The number of benzene rings is 1. The first-order valence-corrected chi connectivity index (χ1v) is 10.4. The third-order valence-corrected chi connectivity index (χ3v) is 5.30. The van der Waals surface area contributed by atoms with Crippen molar-refractivity contribution in [3.63, 3.8) is 0 Å². The van der Waals surface area contributed by atoms with Crippen molar-refractivity contribution in [1.82, 2.24) is 4.98 Å². The zero-order valence-corrected chi connectivity index (χ0v) is 17.5. The van der Waals surface area contributed by atoms with E-state index in [1.54, 1.807) is 18.4 Å². The van der Waals surface area contributed by atoms with Gasteiger partial charge >= 0.3 is 0 Å². The highest BCUT2D eigenvalue weighted by Crippen LogP contribution is 2.26. The molecule has 0 radical (unpaired) electrons. The molecule has 0 saturated carbocycles. The predicted molar refractivity (Wildman–Crippen MR) is 111 cm³/mol. The van der Waals surface area contributed by atoms with E-state index in [0.29, 0.717) is 25.5 Å². The van der Waals surface area contributed by atoms with Crippen LogP contribution < -0.4 is 4.74 Å². The number of hydrogen-bond acceptors (Lipinski definition) is 6. The maximum atomic E-state index is 5.88. The van der Waals surface area contributed by atoms with E-state index in [9.17, 15) is 0 Å². The second kappa shape index (κ2) is 10.4. The summed E-state index contributed by atoms with van der Waals surface area (Å²) in [6.07, 6.45) is 2.31. The summed E-state index contributed by atoms with van der Waals surface area (Å²) >= 11 is 1.63. The van der Waals surface area contributed by atoms with E-state index in [0.717, 1.165) is 34.9 Å². The van der Waals surface area contributed by atoms with Gasteiger partial charge in [0.2, 0.25) is 5.89 Å². The Morgan fingerprint density at radius 3 is 2.64 bits per heavy atom. The first-order chi connectivity index (χ1) is 13.7. The first-order valence-electron chi connectivity index (χ1n) is 9.56. The van der Waals surface area contributed by atoms with Gasteiger partial charge in [-0.15, -0.1) is 11.3 Å². The molecule has 0 N–H and O–H groups in total. The zero-order chi connectivity index (χ0) is 19.8. The maximum absolute atomic E-state index is 5.88. The molecule has 2 heterocycles. The van der Waals surface area contributed by atoms with Gasteiger partial charge in [0.15, 0.2) is 6.29 Å². The third kappa shape index (κ3) is 5.67. The summed E-state index contributed by atoms with van der Waals surface area (Å²) in [5.41, 5.74) is 2.18. The van der Waals surface area contributed by atoms with Crippen LogP contribution in [0.5, 0.6) is 5.75 Å². The van der Waals surface area contributed by atoms with E-state index in [1.165, 1.54) is 5.56 Å². The Morgan fingerprint density at radius 2 is 1.96 bits per heavy atom. The Bertz CT molecular complexity index is 827. The smallest absolute Gasteiger partial charge is 0.236 e. The second-order valence-corrected chi connectivity index (χ2v) is 7.35. The fraction of sp³-hybridized carbons (Fsp3) is 0.409. The molecule has 0 amide bonds. The molecule has 0 aliphatic heterocycles. The molecule has 0 fully saturated rings. The lowest BCUT2D eigenvalue weighted by molar-refractivity contribution is -0.123. The van der Waals surface area contributed by atoms with Gasteiger partial charge in [0.05, 0.1) is 17.2 Å². The lowest BCUT2D eigenvalue weighted by atomic mass is 10.1. The molecule has 0 aliphatic rings. The summed E-state index contributed by atoms with van der Waals surface area (Å²) < 4.78 is 22.5. The topological polar surface area (TPSA) is 53.7 Å². The molecule has 3 aromatic rings. The van der Waals surface area contributed by atoms with Crippen molar-refractivity contribution >= 4 is 11.3 Å². The quantitative estimate of drug-likeness (QED) is 0.410. The molecule has 0 bridgehead atoms. The number of aromatic nitrogens is 1. The van der Waals surface area contributed by atoms with E-state index in [-0.39, 0.29) is 6.29 Å². The molecule has 1 unspecified atom stereocenters. The van der Waals surface area contributed by atoms with Crippen LogP contribution in [0.1, 0.15) is 30.4 Å². The van der Waals surface area contributed by atoms with Crippen LogP contribution in [-0.4, -0.2) is 31.6 Å². The van der Waals surface area contributed by atoms with Gasteiger partial charge in [0, 0.05) is 26.6 Å². The molecule has 150 valence electrons. The summed E-state index contributed by atoms with van der Waals surface area (Å²) in [5, 5.41) is 2.02. The summed E-state index contributed by atoms with van der Waals surface area (Å²) in [6.45, 7) is 5.14. The SMILES string of the molecule is CCOC(CCc1ccc(OCCc2nc(-c3cccs3)oc2C)cc1)OC. The lowest BCUT2D eigenvalue weighted by Gasteiger charge is -2.15. The number of aryl methyl sites for hydroxylation is 2. The number of ether oxygens (including phenoxy) is 3. The fourth-order valence-electron chi connectivity index (χ4n) is 2.92. The van der Waals surface area contributed by atoms with Gasteiger partial charge in [-0.2, -0.15) is 0 Å². The molecule has 1 atom stereocenters. The van der Waals surface area contributed by atoms with Crippen LogP contribution in [0.2, 0.25) is 0 Å². The Balaban J connectivity index is 1.46. The Hall–Kier alpha value is -2.15. The predicted octanol–water partition coefficient (Wildman–Crippen LogP) is 5.27. The normalized spacial score (nSPS) is 12.2. The van der Waals surface area contributed by atoms with Crippen molar-refractivity contribution in [2.24, 2.45) is 0 Å². The minimum absolute atomic E-state index is 0.148. The third-order valence-electron chi connectivity index (χ3n) is 4.44. The molecule has 28 heavy (non-hydrogen) atoms. The number of hydrogen-bond donors (Lipinski definition) is 0. The molecule has 2 aromatic heterocycles. The van der Waals surface area contributed by atoms with Crippen LogP contribution in [0.15, 0.2) is 46.2 Å². The van der Waals surface area contributed by atoms with Gasteiger partial charge in [-0.25, -0.2) is 4.98 Å². The van der Waals surface area contributed by atoms with E-state index < -0.39 is 0 Å². The Morgan fingerprint density at radius 1 is 1.14 bits per heavy atom. The molecule has 5 nitrogen and oxygen atoms in total. The van der Waals surface area contributed by atoms with Crippen LogP contribution in [0.25, 0.3) is 10.8 Å². The van der Waals surface area contributed by atoms with E-state index >= 15 is 0 Å². The number of rotatable bonds is 11. The van der Waals surface area contributed by atoms with Crippen molar-refractivity contribution in [2.45, 2.75) is 39.4 Å². The summed E-state index contributed by atoms with van der Waals surface area (Å²) in [6, 6.07) is 12.2. The average molecular weight is 402 g/mol. The lowest BCUT2D eigenvalue weighted by Crippen LogP contribution is -2.16. The van der Waals surface area contributed by atoms with Gasteiger partial charge in [0.25, 0.3) is 0 Å². The number of nitrogens with zero attached hydrogens (tertiary/aromatic N) is 1. The highest BCUT2D eigenvalue weighted by atomic mass is 32.1. The molecule has 0 aliphatic carbocycles. The van der Waals surface area contributed by atoms with Crippen molar-refractivity contribution in [1.29, 1.82) is 0 Å². The summed E-state index contributed by atoms with van der Waals surface area (Å²) in [7, 11) is 1.68. The second-order valence-electron chi connectivity index (χ2n) is 6.40. The van der Waals surface area contributed by atoms with Crippen molar-refractivity contribution in [3.8, 4) is 16.5 Å². The fourth-order valence-corrected chi connectivity index (χ4v) is 3.57. The van der Waals surface area contributed by atoms with Crippen LogP contribution in [0.3, 0.4) is 0 Å². The van der Waals surface area contributed by atoms with E-state index in [2.05, 4.69) is 17.1 Å². The number of methoxy groups -OCH3 is 1. The minimum atomic E-state index is -0.148. The largest absolute Gasteiger partial charge is 0.493 e. The Labute approximate surface area is 170 Å². The highest BCUT2D eigenvalue weighted by Gasteiger charge is 2.12. The van der Waals surface area contributed by atoms with E-state index in [4.69, 9.17) is 18.6 Å². The van der Waals surface area contributed by atoms with Crippen LogP contribution in [0, 0.1) is 6.92 Å². The highest BCUT2D eigenvalue weighted by molar-refractivity contribution is 7.13. The van der Waals surface area contributed by atoms with Crippen LogP contribution in [-0.2, 0) is 22.3 Å². The van der Waals surface area contributed by atoms with E-state index in [1.807, 2.05) is 43.5 Å². The minimum Gasteiger partial charge on any atom is -0.493 e. The van der Waals surface area contributed by atoms with Gasteiger partial charge < -0.3 is 18.6 Å². The molecular weight excluding hydrogens is 374 g/mol. The Kier molecular flexibility index (Phi) is 7.65. The van der Waals surface area contributed by atoms with Crippen molar-refractivity contribution in [3.05, 3.63) is 58.8 Å². The molecule has 1 aromatic carbocycles. The first kappa shape index (κ1) is 20.6. The van der Waals surface area contributed by atoms with Gasteiger partial charge in [0.1, 0.15) is 11.5 Å². The molecule has 6 heteroatoms.